The Balaban J connectivity index is 1.57. The maximum Gasteiger partial charge on any atom is 0.0540 e. The second-order valence-corrected chi connectivity index (χ2v) is 5.83. The van der Waals surface area contributed by atoms with Crippen LogP contribution in [0.2, 0.25) is 0 Å². The molecule has 0 spiro atoms. The molecule has 20 heavy (non-hydrogen) atoms. The van der Waals surface area contributed by atoms with Crippen molar-refractivity contribution in [2.75, 3.05) is 6.54 Å². The van der Waals surface area contributed by atoms with Gasteiger partial charge in [-0.3, -0.25) is 4.98 Å². The zero-order valence-corrected chi connectivity index (χ0v) is 11.8. The molecular formula is C17H22N2O. The quantitative estimate of drug-likeness (QED) is 0.898. The Labute approximate surface area is 120 Å². The highest BCUT2D eigenvalue weighted by Gasteiger charge is 2.18. The third-order valence-corrected chi connectivity index (χ3v) is 4.32. The summed E-state index contributed by atoms with van der Waals surface area (Å²) in [6.45, 7) is 1.91. The molecule has 1 aromatic heterocycles. The number of nitrogens with one attached hydrogen (secondary N) is 1. The van der Waals surface area contributed by atoms with Crippen LogP contribution in [0.25, 0.3) is 10.8 Å². The van der Waals surface area contributed by atoms with Gasteiger partial charge in [-0.25, -0.2) is 0 Å². The topological polar surface area (TPSA) is 45.1 Å². The number of aliphatic hydroxyl groups excluding tert-OH is 1. The van der Waals surface area contributed by atoms with E-state index in [1.807, 2.05) is 12.4 Å². The van der Waals surface area contributed by atoms with Crippen LogP contribution >= 0.6 is 0 Å². The lowest BCUT2D eigenvalue weighted by atomic mass is 9.87. The monoisotopic (exact) mass is 270 g/mol. The fourth-order valence-corrected chi connectivity index (χ4v) is 3.08. The minimum atomic E-state index is -0.0616. The molecule has 1 saturated carbocycles. The van der Waals surface area contributed by atoms with Crippen LogP contribution in [0.5, 0.6) is 0 Å². The van der Waals surface area contributed by atoms with Crippen LogP contribution in [0.15, 0.2) is 36.7 Å². The number of hydrogen-bond donors (Lipinski definition) is 2. The lowest BCUT2D eigenvalue weighted by molar-refractivity contribution is 0.108. The molecule has 0 radical (unpaired) electrons. The lowest BCUT2D eigenvalue weighted by Gasteiger charge is -2.25. The fourth-order valence-electron chi connectivity index (χ4n) is 3.08. The van der Waals surface area contributed by atoms with Gasteiger partial charge in [0, 0.05) is 24.3 Å². The van der Waals surface area contributed by atoms with Crippen LogP contribution in [0.1, 0.15) is 31.2 Å². The highest BCUT2D eigenvalue weighted by Crippen LogP contribution is 2.23. The van der Waals surface area contributed by atoms with E-state index in [4.69, 9.17) is 0 Å². The Morgan fingerprint density at radius 2 is 1.90 bits per heavy atom. The van der Waals surface area contributed by atoms with E-state index < -0.39 is 0 Å². The zero-order chi connectivity index (χ0) is 13.8. The number of aromatic nitrogens is 1. The van der Waals surface area contributed by atoms with Gasteiger partial charge in [-0.1, -0.05) is 24.3 Å². The number of benzene rings is 1. The predicted molar refractivity (Wildman–Crippen MR) is 81.4 cm³/mol. The van der Waals surface area contributed by atoms with E-state index in [9.17, 15) is 5.11 Å². The van der Waals surface area contributed by atoms with E-state index in [2.05, 4.69) is 34.6 Å². The molecule has 1 aliphatic carbocycles. The number of pyridine rings is 1. The van der Waals surface area contributed by atoms with Gasteiger partial charge in [0.15, 0.2) is 0 Å². The Hall–Kier alpha value is -1.45. The van der Waals surface area contributed by atoms with Gasteiger partial charge in [0.25, 0.3) is 0 Å². The average Bonchev–Trinajstić information content (AvgIpc) is 2.49. The molecular weight excluding hydrogens is 248 g/mol. The van der Waals surface area contributed by atoms with Crippen molar-refractivity contribution in [3.63, 3.8) is 0 Å². The molecule has 2 aromatic rings. The third-order valence-electron chi connectivity index (χ3n) is 4.32. The molecule has 0 unspecified atom stereocenters. The first-order chi connectivity index (χ1) is 9.83. The molecule has 3 rings (SSSR count). The van der Waals surface area contributed by atoms with Crippen LogP contribution in [0.3, 0.4) is 0 Å². The summed E-state index contributed by atoms with van der Waals surface area (Å²) in [5.41, 5.74) is 1.26. The van der Waals surface area contributed by atoms with Crippen LogP contribution in [0, 0.1) is 5.92 Å². The molecule has 0 saturated heterocycles. The van der Waals surface area contributed by atoms with Crippen molar-refractivity contribution >= 4 is 10.8 Å². The molecule has 3 nitrogen and oxygen atoms in total. The summed E-state index contributed by atoms with van der Waals surface area (Å²) in [4.78, 5) is 4.32. The zero-order valence-electron chi connectivity index (χ0n) is 11.8. The molecule has 3 heteroatoms. The summed E-state index contributed by atoms with van der Waals surface area (Å²) in [5, 5.41) is 15.6. The summed E-state index contributed by atoms with van der Waals surface area (Å²) >= 11 is 0. The molecule has 1 aliphatic rings. The van der Waals surface area contributed by atoms with Crippen molar-refractivity contribution in [3.05, 3.63) is 42.2 Å². The predicted octanol–water partition coefficient (Wildman–Crippen LogP) is 2.88. The standard InChI is InChI=1S/C17H22N2O/c20-16-7-5-13(6-8-16)9-18-11-15-12-19-10-14-3-1-2-4-17(14)15/h1-4,10,12-13,16,18,20H,5-9,11H2. The summed E-state index contributed by atoms with van der Waals surface area (Å²) in [7, 11) is 0. The van der Waals surface area contributed by atoms with Gasteiger partial charge < -0.3 is 10.4 Å². The molecule has 0 aliphatic heterocycles. The van der Waals surface area contributed by atoms with E-state index in [1.54, 1.807) is 0 Å². The molecule has 1 aromatic carbocycles. The van der Waals surface area contributed by atoms with Gasteiger partial charge >= 0.3 is 0 Å². The van der Waals surface area contributed by atoms with Crippen LogP contribution in [-0.4, -0.2) is 22.7 Å². The van der Waals surface area contributed by atoms with Gasteiger partial charge in [0.2, 0.25) is 0 Å². The Morgan fingerprint density at radius 3 is 2.75 bits per heavy atom. The van der Waals surface area contributed by atoms with Crippen molar-refractivity contribution in [2.24, 2.45) is 5.92 Å². The normalized spacial score (nSPS) is 23.1. The first-order valence-corrected chi connectivity index (χ1v) is 7.53. The first kappa shape index (κ1) is 13.5. The fraction of sp³-hybridized carbons (Fsp3) is 0.471. The third kappa shape index (κ3) is 3.17. The second-order valence-electron chi connectivity index (χ2n) is 5.83. The lowest BCUT2D eigenvalue weighted by Crippen LogP contribution is -2.27. The van der Waals surface area contributed by atoms with Crippen LogP contribution in [-0.2, 0) is 6.54 Å². The van der Waals surface area contributed by atoms with E-state index in [1.165, 1.54) is 16.3 Å². The van der Waals surface area contributed by atoms with Gasteiger partial charge in [0.1, 0.15) is 0 Å². The molecule has 1 fully saturated rings. The second kappa shape index (κ2) is 6.33. The number of aliphatic hydroxyl groups is 1. The number of rotatable bonds is 4. The number of hydrogen-bond acceptors (Lipinski definition) is 3. The van der Waals surface area contributed by atoms with Crippen molar-refractivity contribution in [1.82, 2.24) is 10.3 Å². The number of fused-ring (bicyclic) bond motifs is 1. The molecule has 106 valence electrons. The van der Waals surface area contributed by atoms with Gasteiger partial charge in [-0.05, 0) is 49.1 Å². The Morgan fingerprint density at radius 1 is 1.10 bits per heavy atom. The van der Waals surface area contributed by atoms with Crippen molar-refractivity contribution in [2.45, 2.75) is 38.3 Å². The van der Waals surface area contributed by atoms with E-state index in [0.717, 1.165) is 38.8 Å². The summed E-state index contributed by atoms with van der Waals surface area (Å²) in [6.07, 6.45) is 8.02. The minimum Gasteiger partial charge on any atom is -0.393 e. The van der Waals surface area contributed by atoms with Crippen LogP contribution < -0.4 is 5.32 Å². The van der Waals surface area contributed by atoms with Gasteiger partial charge in [0.05, 0.1) is 6.10 Å². The molecule has 1 heterocycles. The average molecular weight is 270 g/mol. The molecule has 0 atom stereocenters. The molecule has 0 amide bonds. The number of nitrogens with zero attached hydrogens (tertiary/aromatic N) is 1. The Bertz CT molecular complexity index is 556. The minimum absolute atomic E-state index is 0.0616. The van der Waals surface area contributed by atoms with Crippen molar-refractivity contribution < 1.29 is 5.11 Å². The maximum atomic E-state index is 9.52. The smallest absolute Gasteiger partial charge is 0.0540 e. The van der Waals surface area contributed by atoms with Crippen molar-refractivity contribution in [3.8, 4) is 0 Å². The van der Waals surface area contributed by atoms with E-state index in [-0.39, 0.29) is 6.10 Å². The summed E-state index contributed by atoms with van der Waals surface area (Å²) in [6, 6.07) is 8.39. The van der Waals surface area contributed by atoms with E-state index >= 15 is 0 Å². The molecule has 0 bridgehead atoms. The highest BCUT2D eigenvalue weighted by atomic mass is 16.3. The van der Waals surface area contributed by atoms with E-state index in [0.29, 0.717) is 5.92 Å². The maximum absolute atomic E-state index is 9.52. The van der Waals surface area contributed by atoms with Crippen LogP contribution in [0.4, 0.5) is 0 Å². The first-order valence-electron chi connectivity index (χ1n) is 7.53. The highest BCUT2D eigenvalue weighted by molar-refractivity contribution is 5.84. The summed E-state index contributed by atoms with van der Waals surface area (Å²) < 4.78 is 0. The SMILES string of the molecule is OC1CCC(CNCc2cncc3ccccc23)CC1. The van der Waals surface area contributed by atoms with Gasteiger partial charge in [-0.15, -0.1) is 0 Å². The largest absolute Gasteiger partial charge is 0.393 e. The van der Waals surface area contributed by atoms with Gasteiger partial charge in [-0.2, -0.15) is 0 Å². The van der Waals surface area contributed by atoms with Crippen molar-refractivity contribution in [1.29, 1.82) is 0 Å². The Kier molecular flexibility index (Phi) is 4.28. The summed E-state index contributed by atoms with van der Waals surface area (Å²) in [5.74, 6) is 0.710. The molecule has 2 N–H and O–H groups in total.